The number of para-hydroxylation sites is 4. The third kappa shape index (κ3) is 4.82. The van der Waals surface area contributed by atoms with Crippen LogP contribution < -0.4 is 4.90 Å². The number of furan rings is 1. The summed E-state index contributed by atoms with van der Waals surface area (Å²) in [5.41, 5.74) is 16.2. The molecule has 0 aliphatic heterocycles. The van der Waals surface area contributed by atoms with Crippen LogP contribution in [0.25, 0.3) is 104 Å². The van der Waals surface area contributed by atoms with Crippen LogP contribution in [-0.4, -0.2) is 4.57 Å². The first kappa shape index (κ1) is 32.2. The fraction of sp³-hybridized carbons (Fsp3) is 0. The second-order valence-electron chi connectivity index (χ2n) is 15.7. The third-order valence-corrected chi connectivity index (χ3v) is 12.5. The van der Waals surface area contributed by atoms with Crippen LogP contribution in [0, 0.1) is 0 Å². The van der Waals surface area contributed by atoms with Crippen molar-refractivity contribution in [2.45, 2.75) is 0 Å². The van der Waals surface area contributed by atoms with E-state index in [-0.39, 0.29) is 0 Å². The molecule has 12 aromatic rings. The number of fused-ring (bicyclic) bond motifs is 12. The molecule has 274 valence electrons. The molecule has 2 heterocycles. The fourth-order valence-corrected chi connectivity index (χ4v) is 9.65. The van der Waals surface area contributed by atoms with E-state index in [0.717, 1.165) is 39.0 Å². The van der Waals surface area contributed by atoms with Crippen LogP contribution in [0.5, 0.6) is 0 Å². The van der Waals surface area contributed by atoms with Gasteiger partial charge in [0.05, 0.1) is 16.7 Å². The summed E-state index contributed by atoms with van der Waals surface area (Å²) in [6, 6.07) is 74.9. The van der Waals surface area contributed by atoms with Gasteiger partial charge in [-0.2, -0.15) is 0 Å². The Morgan fingerprint density at radius 3 is 1.61 bits per heavy atom. The first-order valence-corrected chi connectivity index (χ1v) is 20.2. The van der Waals surface area contributed by atoms with Gasteiger partial charge in [0, 0.05) is 38.6 Å². The van der Waals surface area contributed by atoms with E-state index in [0.29, 0.717) is 0 Å². The Kier molecular flexibility index (Phi) is 6.72. The molecule has 1 aliphatic carbocycles. The topological polar surface area (TPSA) is 21.3 Å². The van der Waals surface area contributed by atoms with E-state index in [1.807, 2.05) is 6.07 Å². The Balaban J connectivity index is 0.925. The summed E-state index contributed by atoms with van der Waals surface area (Å²) in [5.74, 6) is 0. The average molecular weight is 751 g/mol. The van der Waals surface area contributed by atoms with Gasteiger partial charge in [0.1, 0.15) is 5.58 Å². The predicted octanol–water partition coefficient (Wildman–Crippen LogP) is 15.8. The van der Waals surface area contributed by atoms with Gasteiger partial charge in [-0.3, -0.25) is 0 Å². The van der Waals surface area contributed by atoms with Gasteiger partial charge in [-0.05, 0) is 140 Å². The first-order chi connectivity index (χ1) is 29.2. The van der Waals surface area contributed by atoms with Gasteiger partial charge in [0.15, 0.2) is 5.58 Å². The molecule has 0 bridgehead atoms. The zero-order chi connectivity index (χ0) is 38.6. The van der Waals surface area contributed by atoms with Crippen molar-refractivity contribution in [1.82, 2.24) is 4.57 Å². The molecule has 0 unspecified atom stereocenters. The van der Waals surface area contributed by atoms with E-state index >= 15 is 0 Å². The van der Waals surface area contributed by atoms with Crippen LogP contribution in [0.2, 0.25) is 0 Å². The van der Waals surface area contributed by atoms with Crippen LogP contribution in [-0.2, 0) is 0 Å². The Morgan fingerprint density at radius 2 is 0.898 bits per heavy atom. The van der Waals surface area contributed by atoms with Gasteiger partial charge in [-0.15, -0.1) is 0 Å². The lowest BCUT2D eigenvalue weighted by molar-refractivity contribution is 0.669. The zero-order valence-corrected chi connectivity index (χ0v) is 31.9. The van der Waals surface area contributed by atoms with Crippen molar-refractivity contribution in [1.29, 1.82) is 0 Å². The van der Waals surface area contributed by atoms with Crippen molar-refractivity contribution in [3.05, 3.63) is 206 Å². The Hall–Kier alpha value is -7.88. The molecule has 0 saturated heterocycles. The van der Waals surface area contributed by atoms with Gasteiger partial charge in [-0.25, -0.2) is 0 Å². The maximum absolute atomic E-state index is 6.63. The highest BCUT2D eigenvalue weighted by Gasteiger charge is 2.25. The molecule has 13 rings (SSSR count). The number of benzene rings is 10. The smallest absolute Gasteiger partial charge is 0.159 e. The minimum absolute atomic E-state index is 0.875. The highest BCUT2D eigenvalue weighted by atomic mass is 16.3. The largest absolute Gasteiger partial charge is 0.454 e. The lowest BCUT2D eigenvalue weighted by Crippen LogP contribution is -2.10. The molecule has 0 radical (unpaired) electrons. The zero-order valence-electron chi connectivity index (χ0n) is 31.9. The molecule has 0 spiro atoms. The van der Waals surface area contributed by atoms with E-state index in [9.17, 15) is 0 Å². The SMILES string of the molecule is c1ccc(-c2ccc(N(c3ccc4cc5c(cc4c3)-c3cc4ccc(-n6c7ccccc7c7ccccc76)cc4cc3-5)c3cccc4c3oc3ccccc34)cc2)cc1. The minimum Gasteiger partial charge on any atom is -0.454 e. The number of aromatic nitrogens is 1. The monoisotopic (exact) mass is 750 g/mol. The lowest BCUT2D eigenvalue weighted by Gasteiger charge is -2.28. The molecule has 0 atom stereocenters. The van der Waals surface area contributed by atoms with Crippen molar-refractivity contribution in [2.24, 2.45) is 0 Å². The van der Waals surface area contributed by atoms with Crippen molar-refractivity contribution in [2.75, 3.05) is 4.90 Å². The average Bonchev–Trinajstić information content (AvgIpc) is 3.85. The van der Waals surface area contributed by atoms with E-state index in [2.05, 4.69) is 210 Å². The quantitative estimate of drug-likeness (QED) is 0.175. The highest BCUT2D eigenvalue weighted by molar-refractivity contribution is 6.14. The van der Waals surface area contributed by atoms with Crippen molar-refractivity contribution in [3.63, 3.8) is 0 Å². The molecule has 0 amide bonds. The summed E-state index contributed by atoms with van der Waals surface area (Å²) in [6.45, 7) is 0. The second-order valence-corrected chi connectivity index (χ2v) is 15.7. The van der Waals surface area contributed by atoms with E-state index in [1.54, 1.807) is 0 Å². The molecule has 0 fully saturated rings. The van der Waals surface area contributed by atoms with Crippen LogP contribution in [0.3, 0.4) is 0 Å². The van der Waals surface area contributed by atoms with E-state index in [4.69, 9.17) is 4.42 Å². The molecular formula is C56H34N2O. The number of nitrogens with zero attached hydrogens (tertiary/aromatic N) is 2. The van der Waals surface area contributed by atoms with Crippen LogP contribution in [0.15, 0.2) is 211 Å². The highest BCUT2D eigenvalue weighted by Crippen LogP contribution is 2.51. The van der Waals surface area contributed by atoms with Crippen LogP contribution in [0.4, 0.5) is 17.1 Å². The summed E-state index contributed by atoms with van der Waals surface area (Å²) in [7, 11) is 0. The molecular weight excluding hydrogens is 717 g/mol. The van der Waals surface area contributed by atoms with Gasteiger partial charge >= 0.3 is 0 Å². The minimum atomic E-state index is 0.875. The van der Waals surface area contributed by atoms with E-state index in [1.165, 1.54) is 82.4 Å². The molecule has 1 aliphatic rings. The molecule has 3 nitrogen and oxygen atoms in total. The summed E-state index contributed by atoms with van der Waals surface area (Å²) in [5, 5.41) is 9.71. The second kappa shape index (κ2) is 12.3. The molecule has 59 heavy (non-hydrogen) atoms. The normalized spacial score (nSPS) is 12.1. The van der Waals surface area contributed by atoms with Crippen molar-refractivity contribution < 1.29 is 4.42 Å². The Bertz CT molecular complexity index is 3610. The standard InChI is InChI=1S/C56H34N2O/c1-2-11-35(12-3-1)36-21-25-41(26-22-36)57(54-19-10-16-47-46-15-6-9-20-55(46)59-56(47)54)42-27-23-37-31-48-50(33-39(37)29-42)49-32-38-24-28-43(30-40(38)34-51(48)49)58-52-17-7-4-13-44(52)45-14-5-8-18-53(45)58/h1-34H. The van der Waals surface area contributed by atoms with Gasteiger partial charge < -0.3 is 13.9 Å². The molecule has 0 N–H and O–H groups in total. The van der Waals surface area contributed by atoms with Crippen LogP contribution in [0.1, 0.15) is 0 Å². The molecule has 0 saturated carbocycles. The van der Waals surface area contributed by atoms with E-state index < -0.39 is 0 Å². The Morgan fingerprint density at radius 1 is 0.356 bits per heavy atom. The fourth-order valence-electron chi connectivity index (χ4n) is 9.65. The summed E-state index contributed by atoms with van der Waals surface area (Å²) in [4.78, 5) is 2.34. The number of hydrogen-bond acceptors (Lipinski definition) is 2. The predicted molar refractivity (Wildman–Crippen MR) is 248 cm³/mol. The Labute approximate surface area is 340 Å². The molecule has 3 heteroatoms. The molecule has 10 aromatic carbocycles. The van der Waals surface area contributed by atoms with Crippen LogP contribution >= 0.6 is 0 Å². The van der Waals surface area contributed by atoms with Gasteiger partial charge in [-0.1, -0.05) is 121 Å². The third-order valence-electron chi connectivity index (χ3n) is 12.5. The van der Waals surface area contributed by atoms with Crippen molar-refractivity contribution >= 4 is 82.4 Å². The van der Waals surface area contributed by atoms with Crippen molar-refractivity contribution in [3.8, 4) is 39.1 Å². The van der Waals surface area contributed by atoms with Gasteiger partial charge in [0.25, 0.3) is 0 Å². The maximum Gasteiger partial charge on any atom is 0.159 e. The number of rotatable bonds is 5. The lowest BCUT2D eigenvalue weighted by atomic mass is 9.78. The number of anilines is 3. The number of hydrogen-bond donors (Lipinski definition) is 0. The summed E-state index contributed by atoms with van der Waals surface area (Å²) in [6.07, 6.45) is 0. The summed E-state index contributed by atoms with van der Waals surface area (Å²) < 4.78 is 9.03. The molecule has 2 aromatic heterocycles. The first-order valence-electron chi connectivity index (χ1n) is 20.2. The maximum atomic E-state index is 6.63. The summed E-state index contributed by atoms with van der Waals surface area (Å²) >= 11 is 0. The van der Waals surface area contributed by atoms with Gasteiger partial charge in [0.2, 0.25) is 0 Å².